The SMILES string of the molecule is COC(=O)c1cccc(OCC(=O)Nc2cccnc2Cl)c1. The Kier molecular flexibility index (Phi) is 5.32. The van der Waals surface area contributed by atoms with Crippen molar-refractivity contribution in [2.24, 2.45) is 0 Å². The fourth-order valence-corrected chi connectivity index (χ4v) is 1.81. The fourth-order valence-electron chi connectivity index (χ4n) is 1.65. The van der Waals surface area contributed by atoms with Crippen LogP contribution in [0.1, 0.15) is 10.4 Å². The van der Waals surface area contributed by atoms with Crippen LogP contribution < -0.4 is 10.1 Å². The molecule has 0 fully saturated rings. The average molecular weight is 321 g/mol. The second-order valence-electron chi connectivity index (χ2n) is 4.20. The molecule has 0 atom stereocenters. The Labute approximate surface area is 132 Å². The molecule has 1 aromatic heterocycles. The molecular weight excluding hydrogens is 308 g/mol. The summed E-state index contributed by atoms with van der Waals surface area (Å²) in [6.45, 7) is -0.226. The first-order valence-electron chi connectivity index (χ1n) is 6.31. The molecule has 0 spiro atoms. The van der Waals surface area contributed by atoms with E-state index in [1.165, 1.54) is 19.4 Å². The number of nitrogens with zero attached hydrogens (tertiary/aromatic N) is 1. The van der Waals surface area contributed by atoms with E-state index in [2.05, 4.69) is 15.0 Å². The van der Waals surface area contributed by atoms with E-state index in [9.17, 15) is 9.59 Å². The van der Waals surface area contributed by atoms with Crippen LogP contribution >= 0.6 is 11.6 Å². The molecule has 1 heterocycles. The summed E-state index contributed by atoms with van der Waals surface area (Å²) < 4.78 is 9.95. The predicted molar refractivity (Wildman–Crippen MR) is 81.2 cm³/mol. The Morgan fingerprint density at radius 1 is 1.27 bits per heavy atom. The lowest BCUT2D eigenvalue weighted by atomic mass is 10.2. The van der Waals surface area contributed by atoms with Crippen LogP contribution in [0.4, 0.5) is 5.69 Å². The maximum absolute atomic E-state index is 11.8. The Hall–Kier alpha value is -2.60. The van der Waals surface area contributed by atoms with E-state index in [4.69, 9.17) is 16.3 Å². The van der Waals surface area contributed by atoms with Gasteiger partial charge in [-0.25, -0.2) is 9.78 Å². The third kappa shape index (κ3) is 4.20. The van der Waals surface area contributed by atoms with Crippen LogP contribution in [0, 0.1) is 0 Å². The lowest BCUT2D eigenvalue weighted by Gasteiger charge is -2.09. The van der Waals surface area contributed by atoms with Gasteiger partial charge in [-0.15, -0.1) is 0 Å². The topological polar surface area (TPSA) is 77.5 Å². The minimum atomic E-state index is -0.475. The average Bonchev–Trinajstić information content (AvgIpc) is 2.54. The van der Waals surface area contributed by atoms with Gasteiger partial charge in [0.05, 0.1) is 18.4 Å². The van der Waals surface area contributed by atoms with E-state index in [0.29, 0.717) is 17.0 Å². The van der Waals surface area contributed by atoms with Crippen molar-refractivity contribution >= 4 is 29.2 Å². The van der Waals surface area contributed by atoms with Crippen molar-refractivity contribution in [2.45, 2.75) is 0 Å². The van der Waals surface area contributed by atoms with E-state index in [1.807, 2.05) is 0 Å². The number of hydrogen-bond acceptors (Lipinski definition) is 5. The summed E-state index contributed by atoms with van der Waals surface area (Å²) in [4.78, 5) is 27.1. The van der Waals surface area contributed by atoms with Crippen LogP contribution in [-0.2, 0) is 9.53 Å². The van der Waals surface area contributed by atoms with Crippen LogP contribution in [-0.4, -0.2) is 30.6 Å². The van der Waals surface area contributed by atoms with Gasteiger partial charge in [0.2, 0.25) is 0 Å². The van der Waals surface area contributed by atoms with Gasteiger partial charge in [0.1, 0.15) is 5.75 Å². The van der Waals surface area contributed by atoms with Crippen LogP contribution in [0.2, 0.25) is 5.15 Å². The Bertz CT molecular complexity index is 691. The molecule has 0 radical (unpaired) electrons. The highest BCUT2D eigenvalue weighted by Gasteiger charge is 2.09. The molecule has 22 heavy (non-hydrogen) atoms. The van der Waals surface area contributed by atoms with Crippen molar-refractivity contribution in [3.05, 3.63) is 53.3 Å². The normalized spacial score (nSPS) is 9.91. The van der Waals surface area contributed by atoms with Gasteiger partial charge in [0, 0.05) is 6.20 Å². The molecule has 0 aliphatic carbocycles. The van der Waals surface area contributed by atoms with E-state index in [-0.39, 0.29) is 11.8 Å². The highest BCUT2D eigenvalue weighted by molar-refractivity contribution is 6.32. The quantitative estimate of drug-likeness (QED) is 0.676. The Morgan fingerprint density at radius 2 is 2.09 bits per heavy atom. The molecule has 1 amide bonds. The maximum atomic E-state index is 11.8. The number of aromatic nitrogens is 1. The van der Waals surface area contributed by atoms with Gasteiger partial charge >= 0.3 is 5.97 Å². The van der Waals surface area contributed by atoms with Crippen LogP contribution in [0.3, 0.4) is 0 Å². The number of rotatable bonds is 5. The van der Waals surface area contributed by atoms with Gasteiger partial charge in [0.25, 0.3) is 5.91 Å². The van der Waals surface area contributed by atoms with Crippen molar-refractivity contribution in [3.63, 3.8) is 0 Å². The van der Waals surface area contributed by atoms with E-state index >= 15 is 0 Å². The lowest BCUT2D eigenvalue weighted by molar-refractivity contribution is -0.118. The number of anilines is 1. The molecule has 7 heteroatoms. The van der Waals surface area contributed by atoms with Gasteiger partial charge in [-0.1, -0.05) is 17.7 Å². The molecule has 114 valence electrons. The summed E-state index contributed by atoms with van der Waals surface area (Å²) in [5.41, 5.74) is 0.747. The number of halogens is 1. The number of carbonyl (C=O) groups is 2. The van der Waals surface area contributed by atoms with Gasteiger partial charge in [-0.3, -0.25) is 4.79 Å². The number of hydrogen-bond donors (Lipinski definition) is 1. The predicted octanol–water partition coefficient (Wildman–Crippen LogP) is 2.54. The van der Waals surface area contributed by atoms with Crippen molar-refractivity contribution < 1.29 is 19.1 Å². The summed E-state index contributed by atoms with van der Waals surface area (Å²) in [6.07, 6.45) is 1.52. The number of pyridine rings is 1. The number of benzene rings is 1. The molecule has 1 aromatic carbocycles. The van der Waals surface area contributed by atoms with E-state index < -0.39 is 11.9 Å². The highest BCUT2D eigenvalue weighted by Crippen LogP contribution is 2.18. The molecule has 0 saturated carbocycles. The number of ether oxygens (including phenoxy) is 2. The van der Waals surface area contributed by atoms with Crippen molar-refractivity contribution in [3.8, 4) is 5.75 Å². The standard InChI is InChI=1S/C15H13ClN2O4/c1-21-15(20)10-4-2-5-11(8-10)22-9-13(19)18-12-6-3-7-17-14(12)16/h2-8H,9H2,1H3,(H,18,19). The summed E-state index contributed by atoms with van der Waals surface area (Å²) in [6, 6.07) is 9.64. The van der Waals surface area contributed by atoms with Crippen LogP contribution in [0.5, 0.6) is 5.75 Å². The van der Waals surface area contributed by atoms with Gasteiger partial charge in [-0.2, -0.15) is 0 Å². The smallest absolute Gasteiger partial charge is 0.337 e. The maximum Gasteiger partial charge on any atom is 0.337 e. The summed E-state index contributed by atoms with van der Waals surface area (Å²) in [5, 5.41) is 2.78. The van der Waals surface area contributed by atoms with Gasteiger partial charge in [-0.05, 0) is 30.3 Å². The lowest BCUT2D eigenvalue weighted by Crippen LogP contribution is -2.20. The fraction of sp³-hybridized carbons (Fsp3) is 0.133. The number of methoxy groups -OCH3 is 1. The second-order valence-corrected chi connectivity index (χ2v) is 4.56. The molecule has 0 aliphatic rings. The van der Waals surface area contributed by atoms with Crippen LogP contribution in [0.15, 0.2) is 42.6 Å². The minimum Gasteiger partial charge on any atom is -0.484 e. The Balaban J connectivity index is 1.94. The largest absolute Gasteiger partial charge is 0.484 e. The van der Waals surface area contributed by atoms with Crippen molar-refractivity contribution in [1.82, 2.24) is 4.98 Å². The Morgan fingerprint density at radius 3 is 2.82 bits per heavy atom. The number of esters is 1. The van der Waals surface area contributed by atoms with Gasteiger partial charge in [0.15, 0.2) is 11.8 Å². The highest BCUT2D eigenvalue weighted by atomic mass is 35.5. The monoisotopic (exact) mass is 320 g/mol. The van der Waals surface area contributed by atoms with Gasteiger partial charge < -0.3 is 14.8 Å². The first-order chi connectivity index (χ1) is 10.6. The number of amides is 1. The molecule has 6 nitrogen and oxygen atoms in total. The molecule has 0 bridgehead atoms. The van der Waals surface area contributed by atoms with E-state index in [1.54, 1.807) is 30.3 Å². The van der Waals surface area contributed by atoms with Crippen LogP contribution in [0.25, 0.3) is 0 Å². The van der Waals surface area contributed by atoms with Crippen molar-refractivity contribution in [1.29, 1.82) is 0 Å². The molecule has 0 unspecified atom stereocenters. The molecule has 0 saturated heterocycles. The zero-order chi connectivity index (χ0) is 15.9. The molecule has 2 rings (SSSR count). The third-order valence-electron chi connectivity index (χ3n) is 2.66. The molecular formula is C15H13ClN2O4. The second kappa shape index (κ2) is 7.42. The zero-order valence-corrected chi connectivity index (χ0v) is 12.5. The molecule has 2 aromatic rings. The van der Waals surface area contributed by atoms with E-state index in [0.717, 1.165) is 0 Å². The molecule has 0 aliphatic heterocycles. The first kappa shape index (κ1) is 15.8. The summed E-state index contributed by atoms with van der Waals surface area (Å²) in [5.74, 6) is -0.481. The third-order valence-corrected chi connectivity index (χ3v) is 2.96. The minimum absolute atomic E-state index is 0.198. The number of carbonyl (C=O) groups excluding carboxylic acids is 2. The summed E-state index contributed by atoms with van der Waals surface area (Å²) in [7, 11) is 1.29. The van der Waals surface area contributed by atoms with Crippen molar-refractivity contribution in [2.75, 3.05) is 19.0 Å². The summed E-state index contributed by atoms with van der Waals surface area (Å²) >= 11 is 5.84. The molecule has 1 N–H and O–H groups in total. The first-order valence-corrected chi connectivity index (χ1v) is 6.69. The number of nitrogens with one attached hydrogen (secondary N) is 1. The zero-order valence-electron chi connectivity index (χ0n) is 11.7.